The lowest BCUT2D eigenvalue weighted by atomic mass is 10.0. The average molecular weight is 921 g/mol. The van der Waals surface area contributed by atoms with E-state index in [-0.39, 0.29) is 31.1 Å². The Kier molecular flexibility index (Phi) is 51.9. The van der Waals surface area contributed by atoms with Gasteiger partial charge in [-0.15, -0.1) is 0 Å². The molecule has 6 nitrogen and oxygen atoms in total. The molecule has 380 valence electrons. The first-order valence-electron chi connectivity index (χ1n) is 28.0. The summed E-state index contributed by atoms with van der Waals surface area (Å²) in [4.78, 5) is 38.1. The summed E-state index contributed by atoms with van der Waals surface area (Å²) in [6.45, 7) is 6.56. The Morgan fingerprint density at radius 3 is 1.00 bits per heavy atom. The predicted molar refractivity (Wildman–Crippen MR) is 284 cm³/mol. The molecule has 66 heavy (non-hydrogen) atoms. The third-order valence-corrected chi connectivity index (χ3v) is 12.0. The van der Waals surface area contributed by atoms with E-state index in [1.54, 1.807) is 0 Å². The normalized spacial score (nSPS) is 12.6. The van der Waals surface area contributed by atoms with Crippen LogP contribution in [0.3, 0.4) is 0 Å². The van der Waals surface area contributed by atoms with E-state index in [1.807, 2.05) is 0 Å². The lowest BCUT2D eigenvalue weighted by Gasteiger charge is -2.18. The number of allylic oxidation sites excluding steroid dienone is 12. The number of rotatable bonds is 50. The maximum atomic E-state index is 12.8. The van der Waals surface area contributed by atoms with Crippen LogP contribution >= 0.6 is 0 Å². The molecule has 0 radical (unpaired) electrons. The monoisotopic (exact) mass is 921 g/mol. The van der Waals surface area contributed by atoms with Crippen LogP contribution in [-0.4, -0.2) is 37.2 Å². The number of esters is 3. The molecule has 0 N–H and O–H groups in total. The Hall–Kier alpha value is -3.15. The van der Waals surface area contributed by atoms with Crippen LogP contribution in [0.4, 0.5) is 0 Å². The largest absolute Gasteiger partial charge is 0.462 e. The molecule has 0 bridgehead atoms. The minimum Gasteiger partial charge on any atom is -0.462 e. The molecule has 0 aromatic rings. The first kappa shape index (κ1) is 62.8. The lowest BCUT2D eigenvalue weighted by molar-refractivity contribution is -0.167. The first-order valence-corrected chi connectivity index (χ1v) is 28.0. The Balaban J connectivity index is 4.43. The fraction of sp³-hybridized carbons (Fsp3) is 0.750. The van der Waals surface area contributed by atoms with Gasteiger partial charge in [-0.1, -0.05) is 248 Å². The van der Waals surface area contributed by atoms with Crippen LogP contribution in [0.1, 0.15) is 271 Å². The molecule has 1 unspecified atom stereocenters. The minimum atomic E-state index is -0.788. The molecule has 1 atom stereocenters. The fourth-order valence-electron chi connectivity index (χ4n) is 7.78. The maximum absolute atomic E-state index is 12.8. The molecular formula is C60H104O6. The van der Waals surface area contributed by atoms with Crippen LogP contribution in [0.25, 0.3) is 0 Å². The maximum Gasteiger partial charge on any atom is 0.306 e. The molecule has 0 aromatic carbocycles. The van der Waals surface area contributed by atoms with Crippen molar-refractivity contribution in [2.45, 2.75) is 277 Å². The topological polar surface area (TPSA) is 78.9 Å². The predicted octanol–water partition coefficient (Wildman–Crippen LogP) is 18.6. The number of carbonyl (C=O) groups is 3. The summed E-state index contributed by atoms with van der Waals surface area (Å²) in [6, 6.07) is 0. The summed E-state index contributed by atoms with van der Waals surface area (Å²) in [5.41, 5.74) is 0. The summed E-state index contributed by atoms with van der Waals surface area (Å²) in [7, 11) is 0. The van der Waals surface area contributed by atoms with Gasteiger partial charge in [0.1, 0.15) is 13.2 Å². The second kappa shape index (κ2) is 54.5. The highest BCUT2D eigenvalue weighted by molar-refractivity contribution is 5.71. The Morgan fingerprint density at radius 2 is 0.606 bits per heavy atom. The van der Waals surface area contributed by atoms with Gasteiger partial charge >= 0.3 is 17.9 Å². The molecule has 0 amide bonds. The molecule has 6 heteroatoms. The van der Waals surface area contributed by atoms with Crippen molar-refractivity contribution in [2.75, 3.05) is 13.2 Å². The van der Waals surface area contributed by atoms with Crippen LogP contribution in [0.15, 0.2) is 72.9 Å². The van der Waals surface area contributed by atoms with Gasteiger partial charge in [-0.25, -0.2) is 0 Å². The van der Waals surface area contributed by atoms with E-state index in [9.17, 15) is 14.4 Å². The average Bonchev–Trinajstić information content (AvgIpc) is 3.31. The molecule has 0 saturated carbocycles. The minimum absolute atomic E-state index is 0.0846. The quantitative estimate of drug-likeness (QED) is 0.0199. The van der Waals surface area contributed by atoms with Crippen LogP contribution in [0.5, 0.6) is 0 Å². The smallest absolute Gasteiger partial charge is 0.306 e. The van der Waals surface area contributed by atoms with Gasteiger partial charge in [-0.3, -0.25) is 14.4 Å². The van der Waals surface area contributed by atoms with Crippen LogP contribution in [0.2, 0.25) is 0 Å². The number of carbonyl (C=O) groups excluding carboxylic acids is 3. The molecule has 0 spiro atoms. The number of hydrogen-bond acceptors (Lipinski definition) is 6. The van der Waals surface area contributed by atoms with Crippen molar-refractivity contribution < 1.29 is 28.6 Å². The van der Waals surface area contributed by atoms with Crippen LogP contribution in [-0.2, 0) is 28.6 Å². The third-order valence-electron chi connectivity index (χ3n) is 12.0. The molecular weight excluding hydrogens is 817 g/mol. The van der Waals surface area contributed by atoms with E-state index in [4.69, 9.17) is 14.2 Å². The summed E-state index contributed by atoms with van der Waals surface area (Å²) < 4.78 is 16.8. The van der Waals surface area contributed by atoms with Gasteiger partial charge in [0.25, 0.3) is 0 Å². The summed E-state index contributed by atoms with van der Waals surface area (Å²) in [5, 5.41) is 0. The second-order valence-electron chi connectivity index (χ2n) is 18.6. The van der Waals surface area contributed by atoms with E-state index in [0.29, 0.717) is 19.3 Å². The summed E-state index contributed by atoms with van der Waals surface area (Å²) >= 11 is 0. The van der Waals surface area contributed by atoms with Gasteiger partial charge in [-0.2, -0.15) is 0 Å². The van der Waals surface area contributed by atoms with Gasteiger partial charge in [0.05, 0.1) is 0 Å². The third kappa shape index (κ3) is 51.8. The second-order valence-corrected chi connectivity index (χ2v) is 18.6. The number of unbranched alkanes of at least 4 members (excludes halogenated alkanes) is 30. The van der Waals surface area contributed by atoms with E-state index >= 15 is 0 Å². The van der Waals surface area contributed by atoms with E-state index in [0.717, 1.165) is 96.3 Å². The Morgan fingerprint density at radius 1 is 0.318 bits per heavy atom. The van der Waals surface area contributed by atoms with Crippen molar-refractivity contribution in [1.82, 2.24) is 0 Å². The zero-order valence-corrected chi connectivity index (χ0v) is 43.4. The molecule has 0 aliphatic carbocycles. The first-order chi connectivity index (χ1) is 32.5. The van der Waals surface area contributed by atoms with Gasteiger partial charge in [0.2, 0.25) is 0 Å². The zero-order chi connectivity index (χ0) is 47.9. The SMILES string of the molecule is CCCCC\C=C/C=C\C=C/C=C\CCCCCCCC(=O)OCC(COC(=O)CCCCCCCCCCCCCCC)OC(=O)CCCCCCCCC/C=C\C/C=C\CCCCC. The van der Waals surface area contributed by atoms with Crippen LogP contribution < -0.4 is 0 Å². The van der Waals surface area contributed by atoms with Crippen molar-refractivity contribution >= 4 is 17.9 Å². The lowest BCUT2D eigenvalue weighted by Crippen LogP contribution is -2.30. The van der Waals surface area contributed by atoms with Gasteiger partial charge in [0.15, 0.2) is 6.10 Å². The van der Waals surface area contributed by atoms with Crippen molar-refractivity contribution in [3.8, 4) is 0 Å². The van der Waals surface area contributed by atoms with E-state index < -0.39 is 6.10 Å². The van der Waals surface area contributed by atoms with Gasteiger partial charge in [-0.05, 0) is 77.0 Å². The molecule has 0 heterocycles. The Labute approximate surface area is 408 Å². The summed E-state index contributed by atoms with van der Waals surface area (Å²) in [6.07, 6.45) is 68.7. The molecule has 0 saturated heterocycles. The number of ether oxygens (including phenoxy) is 3. The Bertz CT molecular complexity index is 1240. The molecule has 0 aromatic heterocycles. The molecule has 0 aliphatic heterocycles. The highest BCUT2D eigenvalue weighted by Gasteiger charge is 2.19. The zero-order valence-electron chi connectivity index (χ0n) is 43.4. The summed E-state index contributed by atoms with van der Waals surface area (Å²) in [5.74, 6) is -0.909. The van der Waals surface area contributed by atoms with E-state index in [1.165, 1.54) is 135 Å². The standard InChI is InChI=1S/C60H104O6/c1-4-7-10-13-16-19-22-25-27-29-31-32-35-38-41-44-47-50-53-59(62)65-56-57(55-64-58(61)52-49-46-43-40-37-34-24-21-18-15-12-9-6-3)66-60(63)54-51-48-45-42-39-36-33-30-28-26-23-20-17-14-11-8-5-2/h16-17,19-20,22,25-29,31-32,57H,4-15,18,21,23-24,30,33-56H2,1-3H3/b19-16-,20-17-,25-22-,28-26-,29-27-,32-31-. The molecule has 0 fully saturated rings. The fourth-order valence-corrected chi connectivity index (χ4v) is 7.78. The van der Waals surface area contributed by atoms with Gasteiger partial charge < -0.3 is 14.2 Å². The van der Waals surface area contributed by atoms with Gasteiger partial charge in [0, 0.05) is 19.3 Å². The van der Waals surface area contributed by atoms with Crippen molar-refractivity contribution in [2.24, 2.45) is 0 Å². The highest BCUT2D eigenvalue weighted by atomic mass is 16.6. The highest BCUT2D eigenvalue weighted by Crippen LogP contribution is 2.15. The van der Waals surface area contributed by atoms with Crippen molar-refractivity contribution in [3.05, 3.63) is 72.9 Å². The van der Waals surface area contributed by atoms with E-state index in [2.05, 4.69) is 93.7 Å². The molecule has 0 aliphatic rings. The number of hydrogen-bond donors (Lipinski definition) is 0. The van der Waals surface area contributed by atoms with Crippen molar-refractivity contribution in [3.63, 3.8) is 0 Å². The van der Waals surface area contributed by atoms with Crippen LogP contribution in [0, 0.1) is 0 Å². The molecule has 0 rings (SSSR count). The van der Waals surface area contributed by atoms with Crippen molar-refractivity contribution in [1.29, 1.82) is 0 Å².